The van der Waals surface area contributed by atoms with Gasteiger partial charge in [0.05, 0.1) is 69.8 Å². The van der Waals surface area contributed by atoms with Crippen molar-refractivity contribution in [3.63, 3.8) is 0 Å². The van der Waals surface area contributed by atoms with E-state index in [0.29, 0.717) is 50.9 Å². The fourth-order valence-corrected chi connectivity index (χ4v) is 10.2. The van der Waals surface area contributed by atoms with E-state index in [4.69, 9.17) is 53.3 Å². The van der Waals surface area contributed by atoms with E-state index in [1.54, 1.807) is 63.3 Å². The van der Waals surface area contributed by atoms with Crippen molar-refractivity contribution in [3.05, 3.63) is 149 Å². The predicted octanol–water partition coefficient (Wildman–Crippen LogP) is 9.34. The fourth-order valence-electron chi connectivity index (χ4n) is 8.44. The van der Waals surface area contributed by atoms with Crippen LogP contribution in [0.15, 0.2) is 115 Å². The molecule has 1 saturated heterocycles. The summed E-state index contributed by atoms with van der Waals surface area (Å²) in [5.74, 6) is 7.52. The molecule has 16 nitrogen and oxygen atoms in total. The first kappa shape index (κ1) is 52.0. The van der Waals surface area contributed by atoms with Crippen molar-refractivity contribution < 1.29 is 42.3 Å². The highest BCUT2D eigenvalue weighted by Crippen LogP contribution is 2.51. The maximum atomic E-state index is 12.9. The van der Waals surface area contributed by atoms with E-state index in [2.05, 4.69) is 55.3 Å². The van der Waals surface area contributed by atoms with E-state index in [9.17, 15) is 10.1 Å². The van der Waals surface area contributed by atoms with Crippen LogP contribution in [-0.4, -0.2) is 95.8 Å². The number of fused-ring (bicyclic) bond motifs is 1. The maximum Gasteiger partial charge on any atom is 0.339 e. The summed E-state index contributed by atoms with van der Waals surface area (Å²) in [7, 11) is 3.09. The van der Waals surface area contributed by atoms with Crippen LogP contribution in [0.25, 0.3) is 17.1 Å². The molecule has 2 aromatic heterocycles. The average molecular weight is 982 g/mol. The first-order valence-corrected chi connectivity index (χ1v) is 24.4. The van der Waals surface area contributed by atoms with E-state index < -0.39 is 38.5 Å². The number of allylic oxidation sites excluding steroid dienone is 1. The second-order valence-corrected chi connectivity index (χ2v) is 18.5. The van der Waals surface area contributed by atoms with Gasteiger partial charge in [0, 0.05) is 24.2 Å². The Balaban J connectivity index is 1.31. The van der Waals surface area contributed by atoms with Crippen LogP contribution in [0.3, 0.4) is 0 Å². The maximum absolute atomic E-state index is 12.9. The molecule has 0 spiro atoms. The minimum atomic E-state index is -1.73. The van der Waals surface area contributed by atoms with Gasteiger partial charge in [-0.15, -0.1) is 0 Å². The summed E-state index contributed by atoms with van der Waals surface area (Å²) in [5, 5.41) is 15.1. The first-order chi connectivity index (χ1) is 34.4. The number of nitrogens with zero attached hydrogens (tertiary/aromatic N) is 6. The zero-order chi connectivity index (χ0) is 50.5. The molecule has 0 amide bonds. The van der Waals surface area contributed by atoms with Gasteiger partial charge in [-0.1, -0.05) is 60.5 Å². The Hall–Kier alpha value is -6.88. The molecule has 1 aliphatic heterocycles. The normalized spacial score (nSPS) is 16.4. The topological polar surface area (TPSA) is 188 Å². The summed E-state index contributed by atoms with van der Waals surface area (Å²) >= 11 is 0. The second kappa shape index (κ2) is 24.3. The molecule has 6 aromatic rings. The molecule has 4 atom stereocenters. The number of hydrogen-bond acceptors (Lipinski definition) is 15. The largest absolute Gasteiger partial charge is 0.497 e. The van der Waals surface area contributed by atoms with Crippen molar-refractivity contribution in [1.82, 2.24) is 24.4 Å². The second-order valence-electron chi connectivity index (χ2n) is 17.1. The van der Waals surface area contributed by atoms with Crippen LogP contribution in [0.5, 0.6) is 17.2 Å². The van der Waals surface area contributed by atoms with Crippen LogP contribution >= 0.6 is 8.53 Å². The van der Waals surface area contributed by atoms with Gasteiger partial charge in [0.1, 0.15) is 41.0 Å². The zero-order valence-corrected chi connectivity index (χ0v) is 42.2. The summed E-state index contributed by atoms with van der Waals surface area (Å²) in [6.45, 7) is 10.1. The third-order valence-corrected chi connectivity index (χ3v) is 13.8. The average Bonchev–Trinajstić information content (AvgIpc) is 3.96. The highest BCUT2D eigenvalue weighted by atomic mass is 31.2. The Kier molecular flexibility index (Phi) is 17.8. The van der Waals surface area contributed by atoms with Crippen molar-refractivity contribution in [3.8, 4) is 35.2 Å². The summed E-state index contributed by atoms with van der Waals surface area (Å²) in [5.41, 5.74) is 9.72. The van der Waals surface area contributed by atoms with Crippen molar-refractivity contribution in [2.24, 2.45) is 5.73 Å². The van der Waals surface area contributed by atoms with Crippen molar-refractivity contribution in [2.45, 2.75) is 83.6 Å². The van der Waals surface area contributed by atoms with Crippen molar-refractivity contribution >= 4 is 31.6 Å². The lowest BCUT2D eigenvalue weighted by Crippen LogP contribution is -2.39. The molecule has 2 unspecified atom stereocenters. The number of ether oxygens (including phenoxy) is 6. The minimum absolute atomic E-state index is 0.0274. The molecule has 370 valence electrons. The third kappa shape index (κ3) is 12.2. The van der Waals surface area contributed by atoms with Crippen LogP contribution < -0.4 is 19.9 Å². The van der Waals surface area contributed by atoms with Crippen LogP contribution in [0.1, 0.15) is 92.1 Å². The molecular weight excluding hydrogens is 922 g/mol. The first-order valence-electron chi connectivity index (χ1n) is 23.3. The molecule has 0 aliphatic carbocycles. The summed E-state index contributed by atoms with van der Waals surface area (Å²) in [6, 6.07) is 34.6. The van der Waals surface area contributed by atoms with Gasteiger partial charge >= 0.3 is 5.97 Å². The van der Waals surface area contributed by atoms with Gasteiger partial charge in [0.2, 0.25) is 0 Å². The summed E-state index contributed by atoms with van der Waals surface area (Å²) in [6.07, 6.45) is 1.53. The summed E-state index contributed by atoms with van der Waals surface area (Å²) < 4.78 is 53.9. The van der Waals surface area contributed by atoms with Gasteiger partial charge in [-0.05, 0) is 112 Å². The van der Waals surface area contributed by atoms with Gasteiger partial charge in [0.25, 0.3) is 8.53 Å². The number of nitrogens with two attached hydrogens (primary N) is 1. The predicted molar refractivity (Wildman–Crippen MR) is 270 cm³/mol. The molecule has 71 heavy (non-hydrogen) atoms. The SMILES string of the molecule is COc1ccc(C(=O)OCC#Cc2nn([C@H]3CC(OP(OCCC#N)N(C(C)C)C(C)C)[C@@H](COC(c4ccccc4)(c4ccc(OC)cc4)c4ccc(OC)cc4)O3)c3ncnc(/C=C(\C)N)c23)cc1. The van der Waals surface area contributed by atoms with Crippen LogP contribution in [0.4, 0.5) is 0 Å². The standard InChI is InChI=1S/C54H60N7O9P/c1-36(2)61(37(3)4)71(68-31-13-29-55)70-48-33-50(60-52-51(47(32-38(5)56)57-35-58-52)46(59-60)16-12-30-66-53(62)39-17-23-43(63-6)24-18-39)69-49(48)34-67-54(40-14-10-9-11-15-40,41-19-25-44(64-7)26-20-41)42-21-27-45(65-8)28-22-42/h9-11,14-15,17-28,32,35-37,48-50H,13,30-31,33-34,56H2,1-8H3/b38-32+/t48?,49-,50-,71?/m1/s1. The number of esters is 1. The van der Waals surface area contributed by atoms with Gasteiger partial charge in [-0.25, -0.2) is 24.1 Å². The van der Waals surface area contributed by atoms with Gasteiger partial charge in [0.15, 0.2) is 18.5 Å². The molecule has 0 saturated carbocycles. The number of methoxy groups -OCH3 is 3. The molecule has 1 fully saturated rings. The van der Waals surface area contributed by atoms with Gasteiger partial charge in [-0.3, -0.25) is 0 Å². The molecule has 3 heterocycles. The molecule has 2 N–H and O–H groups in total. The summed E-state index contributed by atoms with van der Waals surface area (Å²) in [4.78, 5) is 22.2. The molecule has 7 rings (SSSR count). The van der Waals surface area contributed by atoms with Crippen LogP contribution in [0, 0.1) is 23.2 Å². The molecule has 1 aliphatic rings. The highest BCUT2D eigenvalue weighted by Gasteiger charge is 2.45. The molecule has 0 radical (unpaired) electrons. The third-order valence-electron chi connectivity index (χ3n) is 11.7. The molecular formula is C54H60N7O9P. The van der Waals surface area contributed by atoms with E-state index in [0.717, 1.165) is 16.7 Å². The van der Waals surface area contributed by atoms with E-state index in [1.165, 1.54) is 6.33 Å². The fraction of sp³-hybridized carbons (Fsp3) is 0.352. The number of benzene rings is 4. The van der Waals surface area contributed by atoms with E-state index in [1.807, 2.05) is 78.9 Å². The zero-order valence-electron chi connectivity index (χ0n) is 41.3. The lowest BCUT2D eigenvalue weighted by Gasteiger charge is -2.39. The molecule has 4 aromatic carbocycles. The molecule has 17 heteroatoms. The van der Waals surface area contributed by atoms with Crippen molar-refractivity contribution in [1.29, 1.82) is 5.26 Å². The lowest BCUT2D eigenvalue weighted by molar-refractivity contribution is -0.0931. The Morgan fingerprint density at radius 2 is 1.48 bits per heavy atom. The van der Waals surface area contributed by atoms with Gasteiger partial charge in [-0.2, -0.15) is 10.4 Å². The Bertz CT molecular complexity index is 2780. The van der Waals surface area contributed by atoms with E-state index in [-0.39, 0.29) is 44.7 Å². The molecule has 0 bridgehead atoms. The quantitative estimate of drug-likeness (QED) is 0.0236. The number of nitriles is 1. The Morgan fingerprint density at radius 3 is 2.04 bits per heavy atom. The smallest absolute Gasteiger partial charge is 0.339 e. The van der Waals surface area contributed by atoms with Gasteiger partial charge < -0.3 is 43.2 Å². The van der Waals surface area contributed by atoms with E-state index >= 15 is 0 Å². The number of carbonyl (C=O) groups is 1. The lowest BCUT2D eigenvalue weighted by atomic mass is 9.80. The van der Waals surface area contributed by atoms with Crippen molar-refractivity contribution in [2.75, 3.05) is 41.2 Å². The minimum Gasteiger partial charge on any atom is -0.497 e. The Morgan fingerprint density at radius 1 is 0.887 bits per heavy atom. The number of aromatic nitrogens is 4. The Labute approximate surface area is 416 Å². The highest BCUT2D eigenvalue weighted by molar-refractivity contribution is 7.44. The monoisotopic (exact) mass is 981 g/mol. The van der Waals surface area contributed by atoms with Crippen LogP contribution in [-0.2, 0) is 28.9 Å². The van der Waals surface area contributed by atoms with Crippen LogP contribution in [0.2, 0.25) is 0 Å². The number of rotatable bonds is 21. The number of carbonyl (C=O) groups excluding carboxylic acids is 1. The number of hydrogen-bond donors (Lipinski definition) is 1.